The predicted octanol–water partition coefficient (Wildman–Crippen LogP) is 2.68. The van der Waals surface area contributed by atoms with Gasteiger partial charge in [-0.25, -0.2) is 0 Å². The molecule has 0 amide bonds. The first-order valence-corrected chi connectivity index (χ1v) is 14.1. The normalized spacial score (nSPS) is 11.3. The summed E-state index contributed by atoms with van der Waals surface area (Å²) in [5, 5.41) is 0. The van der Waals surface area contributed by atoms with Crippen LogP contribution in [0.15, 0.2) is 0 Å². The molecule has 0 aliphatic carbocycles. The van der Waals surface area contributed by atoms with Crippen molar-refractivity contribution in [2.75, 3.05) is 117 Å². The number of ether oxygens (including phenoxy) is 9. The number of unbranched alkanes of at least 4 members (excludes halogenated alkanes) is 3. The Balaban J connectivity index is 3.01. The van der Waals surface area contributed by atoms with E-state index in [1.54, 1.807) is 0 Å². The molecule has 0 saturated heterocycles. The molecular weight excluding hydrogens is 575 g/mol. The van der Waals surface area contributed by atoms with Crippen LogP contribution in [0.25, 0.3) is 0 Å². The summed E-state index contributed by atoms with van der Waals surface area (Å²) in [6.07, 6.45) is 4.98. The average Bonchev–Trinajstić information content (AvgIpc) is 2.85. The van der Waals surface area contributed by atoms with Crippen LogP contribution in [0.3, 0.4) is 0 Å². The van der Waals surface area contributed by atoms with Crippen LogP contribution in [0.4, 0.5) is 0 Å². The monoisotopic (exact) mass is 622 g/mol. The minimum atomic E-state index is -0.305. The summed E-state index contributed by atoms with van der Waals surface area (Å²) in [5.74, 6) is -0.305. The first kappa shape index (κ1) is 34.9. The van der Waals surface area contributed by atoms with Gasteiger partial charge in [0.15, 0.2) is 0 Å². The first-order valence-electron chi connectivity index (χ1n) is 12.6. The zero-order valence-electron chi connectivity index (χ0n) is 21.5. The Morgan fingerprint density at radius 2 is 0.714 bits per heavy atom. The third-order valence-corrected chi connectivity index (χ3v) is 5.07. The van der Waals surface area contributed by atoms with Gasteiger partial charge in [0.1, 0.15) is 6.61 Å². The molecule has 0 atom stereocenters. The van der Waals surface area contributed by atoms with E-state index in [2.05, 4.69) is 22.6 Å². The number of halogens is 1. The molecule has 0 unspecified atom stereocenters. The molecule has 35 heavy (non-hydrogen) atoms. The minimum absolute atomic E-state index is 0.266. The van der Waals surface area contributed by atoms with Crippen molar-refractivity contribution < 1.29 is 47.4 Å². The number of hydrogen-bond acceptors (Lipinski definition) is 10. The van der Waals surface area contributed by atoms with Gasteiger partial charge in [-0.3, -0.25) is 4.79 Å². The van der Waals surface area contributed by atoms with Crippen LogP contribution in [0.5, 0.6) is 0 Å². The highest BCUT2D eigenvalue weighted by Crippen LogP contribution is 2.02. The van der Waals surface area contributed by atoms with Gasteiger partial charge in [0, 0.05) is 13.5 Å². The molecule has 0 aromatic heterocycles. The van der Waals surface area contributed by atoms with Crippen molar-refractivity contribution in [2.24, 2.45) is 0 Å². The van der Waals surface area contributed by atoms with E-state index in [4.69, 9.17) is 42.6 Å². The van der Waals surface area contributed by atoms with Gasteiger partial charge in [-0.15, -0.1) is 0 Å². The van der Waals surface area contributed by atoms with E-state index in [1.807, 2.05) is 0 Å². The van der Waals surface area contributed by atoms with Gasteiger partial charge in [0.25, 0.3) is 0 Å². The zero-order valence-corrected chi connectivity index (χ0v) is 23.7. The third-order valence-electron chi connectivity index (χ3n) is 4.31. The van der Waals surface area contributed by atoms with Gasteiger partial charge in [-0.05, 0) is 17.3 Å². The molecule has 0 radical (unpaired) electrons. The Morgan fingerprint density at radius 1 is 0.429 bits per heavy atom. The fourth-order valence-corrected chi connectivity index (χ4v) is 3.08. The summed E-state index contributed by atoms with van der Waals surface area (Å²) in [5.41, 5.74) is 0. The summed E-state index contributed by atoms with van der Waals surface area (Å²) < 4.78 is 49.4. The van der Waals surface area contributed by atoms with Crippen molar-refractivity contribution >= 4 is 28.6 Å². The maximum absolute atomic E-state index is 10.6. The lowest BCUT2D eigenvalue weighted by atomic mass is 10.2. The molecule has 0 bridgehead atoms. The lowest BCUT2D eigenvalue weighted by Crippen LogP contribution is -2.15. The van der Waals surface area contributed by atoms with Gasteiger partial charge in [0.05, 0.1) is 99.1 Å². The Kier molecular flexibility index (Phi) is 31.8. The van der Waals surface area contributed by atoms with Crippen LogP contribution in [0.1, 0.15) is 32.6 Å². The summed E-state index contributed by atoms with van der Waals surface area (Å²) in [6.45, 7) is 10.3. The fraction of sp³-hybridized carbons (Fsp3) is 0.958. The predicted molar refractivity (Wildman–Crippen MR) is 141 cm³/mol. The van der Waals surface area contributed by atoms with Gasteiger partial charge in [0.2, 0.25) is 0 Å². The van der Waals surface area contributed by atoms with E-state index in [0.29, 0.717) is 99.1 Å². The molecule has 0 aliphatic heterocycles. The van der Waals surface area contributed by atoms with Crippen molar-refractivity contribution in [3.8, 4) is 0 Å². The lowest BCUT2D eigenvalue weighted by molar-refractivity contribution is -0.142. The first-order chi connectivity index (χ1) is 17.3. The summed E-state index contributed by atoms with van der Waals surface area (Å²) in [4.78, 5) is 10.6. The van der Waals surface area contributed by atoms with E-state index < -0.39 is 0 Å². The summed E-state index contributed by atoms with van der Waals surface area (Å²) >= 11 is 2.42. The Labute approximate surface area is 225 Å². The van der Waals surface area contributed by atoms with Gasteiger partial charge < -0.3 is 42.6 Å². The van der Waals surface area contributed by atoms with Crippen molar-refractivity contribution in [3.05, 3.63) is 0 Å². The Bertz CT molecular complexity index is 418. The summed E-state index contributed by atoms with van der Waals surface area (Å²) in [7, 11) is 0. The van der Waals surface area contributed by atoms with Crippen LogP contribution in [-0.2, 0) is 47.4 Å². The zero-order chi connectivity index (χ0) is 25.5. The fourth-order valence-electron chi connectivity index (χ4n) is 2.54. The second-order valence-electron chi connectivity index (χ2n) is 7.34. The number of esters is 1. The molecule has 210 valence electrons. The highest BCUT2D eigenvalue weighted by atomic mass is 127. The third kappa shape index (κ3) is 33.9. The number of carbonyl (C=O) groups excluding carboxylic acids is 1. The maximum atomic E-state index is 10.6. The second kappa shape index (κ2) is 31.9. The molecule has 0 aromatic carbocycles. The number of rotatable bonds is 30. The van der Waals surface area contributed by atoms with E-state index in [9.17, 15) is 4.79 Å². The van der Waals surface area contributed by atoms with Crippen molar-refractivity contribution in [2.45, 2.75) is 32.6 Å². The molecule has 10 nitrogen and oxygen atoms in total. The van der Waals surface area contributed by atoms with Crippen LogP contribution in [0, 0.1) is 0 Å². The molecule has 0 fully saturated rings. The molecule has 0 rings (SSSR count). The van der Waals surface area contributed by atoms with Gasteiger partial charge in [-0.2, -0.15) is 0 Å². The largest absolute Gasteiger partial charge is 0.463 e. The number of carbonyl (C=O) groups is 1. The van der Waals surface area contributed by atoms with Crippen molar-refractivity contribution in [1.82, 2.24) is 0 Å². The van der Waals surface area contributed by atoms with Crippen LogP contribution in [0.2, 0.25) is 0 Å². The molecule has 0 spiro atoms. The van der Waals surface area contributed by atoms with E-state index >= 15 is 0 Å². The van der Waals surface area contributed by atoms with E-state index in [1.165, 1.54) is 30.6 Å². The molecule has 0 aromatic rings. The lowest BCUT2D eigenvalue weighted by Gasteiger charge is -2.08. The van der Waals surface area contributed by atoms with Crippen LogP contribution < -0.4 is 0 Å². The standard InChI is InChI=1S/C24H47IO10/c1-24(26)35-23-22-34-21-20-33-19-18-32-17-16-31-15-14-30-13-12-29-11-10-28-9-8-27-7-5-3-2-4-6-25/h2-23H2,1H3. The second-order valence-corrected chi connectivity index (χ2v) is 8.42. The molecular formula is C24H47IO10. The Morgan fingerprint density at radius 3 is 1.03 bits per heavy atom. The molecule has 0 N–H and O–H groups in total. The molecule has 0 aliphatic rings. The topological polar surface area (TPSA) is 100 Å². The highest BCUT2D eigenvalue weighted by Gasteiger charge is 1.96. The SMILES string of the molecule is CC(=O)OCCOCCOCCOCCOCCOCCOCCOCCOCCCCCCI. The minimum Gasteiger partial charge on any atom is -0.463 e. The van der Waals surface area contributed by atoms with Gasteiger partial charge >= 0.3 is 5.97 Å². The highest BCUT2D eigenvalue weighted by molar-refractivity contribution is 14.1. The molecule has 0 heterocycles. The number of hydrogen-bond donors (Lipinski definition) is 0. The molecule has 11 heteroatoms. The maximum Gasteiger partial charge on any atom is 0.302 e. The molecule has 0 saturated carbocycles. The Hall–Kier alpha value is -0.120. The van der Waals surface area contributed by atoms with Crippen molar-refractivity contribution in [3.63, 3.8) is 0 Å². The number of alkyl halides is 1. The van der Waals surface area contributed by atoms with Crippen molar-refractivity contribution in [1.29, 1.82) is 0 Å². The summed E-state index contributed by atoms with van der Waals surface area (Å²) in [6, 6.07) is 0. The van der Waals surface area contributed by atoms with Crippen LogP contribution >= 0.6 is 22.6 Å². The average molecular weight is 623 g/mol. The quantitative estimate of drug-likeness (QED) is 0.0515. The van der Waals surface area contributed by atoms with E-state index in [-0.39, 0.29) is 12.6 Å². The van der Waals surface area contributed by atoms with Crippen LogP contribution in [-0.4, -0.2) is 123 Å². The van der Waals surface area contributed by atoms with Gasteiger partial charge in [-0.1, -0.05) is 35.4 Å². The van der Waals surface area contributed by atoms with E-state index in [0.717, 1.165) is 13.0 Å². The smallest absolute Gasteiger partial charge is 0.302 e.